The van der Waals surface area contributed by atoms with E-state index >= 15 is 4.39 Å². The molecule has 0 radical (unpaired) electrons. The first-order valence-corrected chi connectivity index (χ1v) is 14.5. The number of para-hydroxylation sites is 1. The fourth-order valence-electron chi connectivity index (χ4n) is 5.85. The summed E-state index contributed by atoms with van der Waals surface area (Å²) in [6.07, 6.45) is 2.44. The first kappa shape index (κ1) is 29.4. The quantitative estimate of drug-likeness (QED) is 0.167. The molecule has 2 aliphatic carbocycles. The number of nitrogens with two attached hydrogens (primary N) is 1. The monoisotopic (exact) mass is 599 g/mol. The number of amides is 2. The van der Waals surface area contributed by atoms with Crippen LogP contribution in [0, 0.1) is 17.2 Å². The van der Waals surface area contributed by atoms with Crippen molar-refractivity contribution in [1.29, 1.82) is 0 Å². The zero-order valence-electron chi connectivity index (χ0n) is 24.6. The summed E-state index contributed by atoms with van der Waals surface area (Å²) in [5.41, 5.74) is 8.43. The van der Waals surface area contributed by atoms with Crippen LogP contribution in [0.3, 0.4) is 0 Å². The molecule has 0 aliphatic heterocycles. The summed E-state index contributed by atoms with van der Waals surface area (Å²) in [5.74, 6) is -1.20. The third-order valence-electron chi connectivity index (χ3n) is 8.65. The molecule has 228 valence electrons. The van der Waals surface area contributed by atoms with Gasteiger partial charge in [-0.25, -0.2) is 9.45 Å². The van der Waals surface area contributed by atoms with E-state index in [2.05, 4.69) is 0 Å². The number of carbonyl (C=O) groups excluding carboxylic acids is 2. The zero-order valence-corrected chi connectivity index (χ0v) is 24.6. The molecule has 4 aromatic rings. The predicted octanol–water partition coefficient (Wildman–Crippen LogP) is 5.30. The third kappa shape index (κ3) is 5.77. The molecule has 2 fully saturated rings. The number of hydroxylamine groups is 2. The van der Waals surface area contributed by atoms with Crippen molar-refractivity contribution in [2.45, 2.75) is 44.8 Å². The topological polar surface area (TPSA) is 124 Å². The number of primary amides is 1. The van der Waals surface area contributed by atoms with Crippen LogP contribution in [0.4, 0.5) is 4.39 Å². The van der Waals surface area contributed by atoms with Gasteiger partial charge in [-0.05, 0) is 67.6 Å². The maximum atomic E-state index is 15.2. The van der Waals surface area contributed by atoms with Crippen molar-refractivity contribution in [3.8, 4) is 17.2 Å². The molecule has 9 nitrogen and oxygen atoms in total. The van der Waals surface area contributed by atoms with Crippen LogP contribution in [0.1, 0.15) is 47.6 Å². The lowest BCUT2D eigenvalue weighted by Gasteiger charge is -2.20. The van der Waals surface area contributed by atoms with E-state index in [9.17, 15) is 14.8 Å². The van der Waals surface area contributed by atoms with Crippen molar-refractivity contribution >= 4 is 22.7 Å². The number of rotatable bonds is 12. The number of benzene rings is 3. The van der Waals surface area contributed by atoms with E-state index in [0.717, 1.165) is 35.0 Å². The summed E-state index contributed by atoms with van der Waals surface area (Å²) in [6, 6.07) is 19.4. The SMILES string of the molecule is COc1ccc(CN(O)C(=O)C2CC2(Cc2ccc(OCc3cc(C4CC4)nc4ccccc34)c(F)c2)C(N)=O)c(OC)c1. The van der Waals surface area contributed by atoms with Crippen molar-refractivity contribution in [2.24, 2.45) is 17.1 Å². The van der Waals surface area contributed by atoms with Crippen LogP contribution >= 0.6 is 0 Å². The minimum atomic E-state index is -1.23. The van der Waals surface area contributed by atoms with Crippen LogP contribution in [0.25, 0.3) is 10.9 Å². The van der Waals surface area contributed by atoms with E-state index in [1.165, 1.54) is 26.4 Å². The van der Waals surface area contributed by atoms with Gasteiger partial charge in [0, 0.05) is 34.2 Å². The van der Waals surface area contributed by atoms with Gasteiger partial charge >= 0.3 is 0 Å². The fourth-order valence-corrected chi connectivity index (χ4v) is 5.85. The molecule has 44 heavy (non-hydrogen) atoms. The van der Waals surface area contributed by atoms with Crippen molar-refractivity contribution in [1.82, 2.24) is 10.0 Å². The van der Waals surface area contributed by atoms with Crippen LogP contribution in [-0.4, -0.2) is 41.3 Å². The highest BCUT2D eigenvalue weighted by molar-refractivity contribution is 5.95. The van der Waals surface area contributed by atoms with Gasteiger partial charge in [0.05, 0.1) is 37.6 Å². The molecule has 0 saturated heterocycles. The lowest BCUT2D eigenvalue weighted by atomic mass is 9.92. The van der Waals surface area contributed by atoms with E-state index in [1.54, 1.807) is 24.3 Å². The van der Waals surface area contributed by atoms with Crippen molar-refractivity contribution in [3.63, 3.8) is 0 Å². The molecule has 2 amide bonds. The number of methoxy groups -OCH3 is 2. The number of hydrogen-bond acceptors (Lipinski definition) is 7. The summed E-state index contributed by atoms with van der Waals surface area (Å²) in [4.78, 5) is 30.5. The number of aromatic nitrogens is 1. The van der Waals surface area contributed by atoms with E-state index < -0.39 is 29.0 Å². The number of carbonyl (C=O) groups is 2. The third-order valence-corrected chi connectivity index (χ3v) is 8.65. The Balaban J connectivity index is 1.13. The standard InChI is InChI=1S/C34H34FN3O6/c1-42-24-11-10-22(31(15-24)43-2)18-38(41)32(39)26-17-34(26,33(36)40)16-20-7-12-30(27(35)13-20)44-19-23-14-29(21-8-9-21)37-28-6-4-3-5-25(23)28/h3-7,10-15,21,26,41H,8-9,16-19H2,1-2H3,(H2,36,40). The van der Waals surface area contributed by atoms with Gasteiger partial charge in [-0.15, -0.1) is 0 Å². The van der Waals surface area contributed by atoms with Gasteiger partial charge < -0.3 is 19.9 Å². The molecule has 2 unspecified atom stereocenters. The number of fused-ring (bicyclic) bond motifs is 1. The van der Waals surface area contributed by atoms with Gasteiger partial charge in [0.25, 0.3) is 0 Å². The number of pyridine rings is 1. The molecule has 1 aromatic heterocycles. The molecule has 0 bridgehead atoms. The molecular formula is C34H34FN3O6. The van der Waals surface area contributed by atoms with Crippen LogP contribution in [0.5, 0.6) is 17.2 Å². The average Bonchev–Trinajstić information content (AvgIpc) is 3.96. The Morgan fingerprint density at radius 1 is 1.02 bits per heavy atom. The number of nitrogens with zero attached hydrogens (tertiary/aromatic N) is 2. The zero-order chi connectivity index (χ0) is 31.0. The molecule has 2 aliphatic rings. The van der Waals surface area contributed by atoms with Crippen molar-refractivity contribution in [2.75, 3.05) is 14.2 Å². The minimum Gasteiger partial charge on any atom is -0.497 e. The van der Waals surface area contributed by atoms with Crippen LogP contribution in [0.2, 0.25) is 0 Å². The molecule has 1 heterocycles. The van der Waals surface area contributed by atoms with Crippen molar-refractivity contribution in [3.05, 3.63) is 94.9 Å². The van der Waals surface area contributed by atoms with Gasteiger partial charge in [-0.3, -0.25) is 19.8 Å². The second-order valence-electron chi connectivity index (χ2n) is 11.6. The maximum Gasteiger partial charge on any atom is 0.250 e. The molecule has 2 atom stereocenters. The van der Waals surface area contributed by atoms with Crippen LogP contribution in [0.15, 0.2) is 66.7 Å². The highest BCUT2D eigenvalue weighted by Crippen LogP contribution is 2.55. The summed E-state index contributed by atoms with van der Waals surface area (Å²) in [6.45, 7) is 0.0130. The summed E-state index contributed by atoms with van der Waals surface area (Å²) >= 11 is 0. The summed E-state index contributed by atoms with van der Waals surface area (Å²) in [7, 11) is 3.00. The highest BCUT2D eigenvalue weighted by Gasteiger charge is 2.63. The largest absolute Gasteiger partial charge is 0.497 e. The molecular weight excluding hydrogens is 565 g/mol. The molecule has 2 saturated carbocycles. The highest BCUT2D eigenvalue weighted by atomic mass is 19.1. The maximum absolute atomic E-state index is 15.2. The van der Waals surface area contributed by atoms with Gasteiger partial charge in [-0.1, -0.05) is 24.3 Å². The van der Waals surface area contributed by atoms with E-state index in [-0.39, 0.29) is 31.7 Å². The van der Waals surface area contributed by atoms with Crippen LogP contribution < -0.4 is 19.9 Å². The fraction of sp³-hybridized carbons (Fsp3) is 0.324. The molecule has 3 N–H and O–H groups in total. The molecule has 6 rings (SSSR count). The Morgan fingerprint density at radius 2 is 1.82 bits per heavy atom. The van der Waals surface area contributed by atoms with E-state index in [1.807, 2.05) is 30.3 Å². The number of ether oxygens (including phenoxy) is 3. The lowest BCUT2D eigenvalue weighted by molar-refractivity contribution is -0.171. The average molecular weight is 600 g/mol. The Morgan fingerprint density at radius 3 is 2.52 bits per heavy atom. The van der Waals surface area contributed by atoms with Gasteiger partial charge in [-0.2, -0.15) is 0 Å². The summed E-state index contributed by atoms with van der Waals surface area (Å²) in [5, 5.41) is 12.2. The number of halogens is 1. The Labute approximate surface area is 254 Å². The van der Waals surface area contributed by atoms with Gasteiger partial charge in [0.15, 0.2) is 11.6 Å². The van der Waals surface area contributed by atoms with Gasteiger partial charge in [0.1, 0.15) is 18.1 Å². The molecule has 0 spiro atoms. The Kier molecular flexibility index (Phi) is 7.85. The lowest BCUT2D eigenvalue weighted by Crippen LogP contribution is -2.35. The first-order chi connectivity index (χ1) is 21.2. The smallest absolute Gasteiger partial charge is 0.250 e. The van der Waals surface area contributed by atoms with E-state index in [0.29, 0.717) is 33.6 Å². The van der Waals surface area contributed by atoms with E-state index in [4.69, 9.17) is 24.9 Å². The first-order valence-electron chi connectivity index (χ1n) is 14.5. The summed E-state index contributed by atoms with van der Waals surface area (Å²) < 4.78 is 31.7. The second kappa shape index (κ2) is 11.8. The number of hydrogen-bond donors (Lipinski definition) is 2. The molecule has 10 heteroatoms. The predicted molar refractivity (Wildman–Crippen MR) is 160 cm³/mol. The molecule has 3 aromatic carbocycles. The van der Waals surface area contributed by atoms with Gasteiger partial charge in [0.2, 0.25) is 11.8 Å². The van der Waals surface area contributed by atoms with Crippen molar-refractivity contribution < 1.29 is 33.4 Å². The minimum absolute atomic E-state index is 0.0510. The normalized spacial score (nSPS) is 19.0. The van der Waals surface area contributed by atoms with Crippen LogP contribution in [-0.2, 0) is 29.2 Å². The Hall–Kier alpha value is -4.70. The Bertz CT molecular complexity index is 1740. The second-order valence-corrected chi connectivity index (χ2v) is 11.6.